The molecule has 0 atom stereocenters. The van der Waals surface area contributed by atoms with Gasteiger partial charge in [-0.3, -0.25) is 9.59 Å². The van der Waals surface area contributed by atoms with Crippen LogP contribution >= 0.6 is 0 Å². The van der Waals surface area contributed by atoms with Gasteiger partial charge in [0.25, 0.3) is 5.91 Å². The van der Waals surface area contributed by atoms with Crippen molar-refractivity contribution in [2.75, 3.05) is 31.3 Å². The fraction of sp³-hybridized carbons (Fsp3) is 0.194. The first-order valence-corrected chi connectivity index (χ1v) is 14.4. The third kappa shape index (κ3) is 7.08. The molecule has 0 bridgehead atoms. The van der Waals surface area contributed by atoms with Gasteiger partial charge in [-0.15, -0.1) is 0 Å². The number of hydrogen-bond acceptors (Lipinski definition) is 4. The summed E-state index contributed by atoms with van der Waals surface area (Å²) in [5, 5.41) is 6.95. The average Bonchev–Trinajstić information content (AvgIpc) is 3.41. The van der Waals surface area contributed by atoms with Crippen molar-refractivity contribution in [2.45, 2.75) is 26.7 Å². The molecule has 5 rings (SSSR count). The number of amides is 2. The Morgan fingerprint density at radius 2 is 1.72 bits per heavy atom. The number of rotatable bonds is 9. The van der Waals surface area contributed by atoms with E-state index in [9.17, 15) is 9.59 Å². The van der Waals surface area contributed by atoms with Crippen LogP contribution in [-0.4, -0.2) is 47.3 Å². The number of benzene rings is 3. The predicted octanol–water partition coefficient (Wildman–Crippen LogP) is 7.64. The van der Waals surface area contributed by atoms with Crippen LogP contribution in [0.25, 0.3) is 33.3 Å². The SMILES string of the molecule is Cc1cc(C(C)C)ccc1NC(=O)c1ccc(-c2c[nH]c3ncc(-c4cccc(NC(=O)/C=C/CN(C)C)c4)cc23)cc1. The van der Waals surface area contributed by atoms with Gasteiger partial charge >= 0.3 is 0 Å². The van der Waals surface area contributed by atoms with Crippen LogP contribution in [0.2, 0.25) is 0 Å². The topological polar surface area (TPSA) is 90.1 Å². The van der Waals surface area contributed by atoms with Crippen molar-refractivity contribution in [3.63, 3.8) is 0 Å². The van der Waals surface area contributed by atoms with Gasteiger partial charge in [-0.05, 0) is 85.6 Å². The van der Waals surface area contributed by atoms with Gasteiger partial charge in [-0.25, -0.2) is 4.98 Å². The highest BCUT2D eigenvalue weighted by Crippen LogP contribution is 2.32. The van der Waals surface area contributed by atoms with E-state index in [1.807, 2.05) is 99.0 Å². The Labute approximate surface area is 252 Å². The van der Waals surface area contributed by atoms with Crippen molar-refractivity contribution < 1.29 is 9.59 Å². The Balaban J connectivity index is 1.33. The normalized spacial score (nSPS) is 11.5. The fourth-order valence-electron chi connectivity index (χ4n) is 4.91. The molecule has 0 spiro atoms. The summed E-state index contributed by atoms with van der Waals surface area (Å²) in [5.41, 5.74) is 9.03. The minimum absolute atomic E-state index is 0.144. The molecule has 0 unspecified atom stereocenters. The number of pyridine rings is 1. The lowest BCUT2D eigenvalue weighted by molar-refractivity contribution is -0.111. The van der Waals surface area contributed by atoms with Gasteiger partial charge in [0.1, 0.15) is 5.65 Å². The molecule has 0 aliphatic rings. The van der Waals surface area contributed by atoms with E-state index in [1.54, 1.807) is 6.08 Å². The molecule has 0 saturated carbocycles. The molecule has 0 radical (unpaired) electrons. The van der Waals surface area contributed by atoms with E-state index in [0.29, 0.717) is 23.7 Å². The van der Waals surface area contributed by atoms with Crippen molar-refractivity contribution >= 4 is 34.2 Å². The number of carbonyl (C=O) groups is 2. The Hall–Kier alpha value is -5.01. The highest BCUT2D eigenvalue weighted by Gasteiger charge is 2.13. The van der Waals surface area contributed by atoms with E-state index in [2.05, 4.69) is 52.6 Å². The molecule has 3 aromatic carbocycles. The third-order valence-electron chi connectivity index (χ3n) is 7.36. The zero-order chi connectivity index (χ0) is 30.5. The Morgan fingerprint density at radius 1 is 0.930 bits per heavy atom. The number of nitrogens with one attached hydrogen (secondary N) is 3. The maximum Gasteiger partial charge on any atom is 0.255 e. The first kappa shape index (κ1) is 29.5. The molecule has 43 heavy (non-hydrogen) atoms. The standard InChI is InChI=1S/C36H37N5O2/c1-23(2)27-15-16-33(24(3)18-27)40-36(43)26-13-11-25(12-14-26)32-22-38-35-31(32)20-29(21-37-35)28-8-6-9-30(19-28)39-34(42)10-7-17-41(4)5/h6-16,18-23H,17H2,1-5H3,(H,37,38)(H,39,42)(H,40,43)/b10-7+. The zero-order valence-electron chi connectivity index (χ0n) is 25.2. The first-order chi connectivity index (χ1) is 20.7. The maximum atomic E-state index is 13.0. The number of aryl methyl sites for hydroxylation is 1. The van der Waals surface area contributed by atoms with Crippen LogP contribution in [0.1, 0.15) is 41.3 Å². The smallest absolute Gasteiger partial charge is 0.255 e. The second-order valence-electron chi connectivity index (χ2n) is 11.3. The van der Waals surface area contributed by atoms with Gasteiger partial charge in [-0.1, -0.05) is 56.3 Å². The number of aromatic amines is 1. The summed E-state index contributed by atoms with van der Waals surface area (Å²) >= 11 is 0. The van der Waals surface area contributed by atoms with Gasteiger partial charge in [0.2, 0.25) is 5.91 Å². The second-order valence-corrected chi connectivity index (χ2v) is 11.3. The lowest BCUT2D eigenvalue weighted by Crippen LogP contribution is -2.12. The quantitative estimate of drug-likeness (QED) is 0.159. The molecule has 218 valence electrons. The number of anilines is 2. The minimum atomic E-state index is -0.170. The summed E-state index contributed by atoms with van der Waals surface area (Å²) in [6.07, 6.45) is 7.14. The molecule has 7 heteroatoms. The van der Waals surface area contributed by atoms with Crippen molar-refractivity contribution in [3.05, 3.63) is 114 Å². The summed E-state index contributed by atoms with van der Waals surface area (Å²) in [4.78, 5) is 35.2. The van der Waals surface area contributed by atoms with Crippen molar-refractivity contribution in [1.82, 2.24) is 14.9 Å². The summed E-state index contributed by atoms with van der Waals surface area (Å²) in [6, 6.07) is 23.6. The van der Waals surface area contributed by atoms with Crippen LogP contribution in [-0.2, 0) is 4.79 Å². The molecule has 2 amide bonds. The van der Waals surface area contributed by atoms with E-state index in [-0.39, 0.29) is 11.8 Å². The van der Waals surface area contributed by atoms with Crippen molar-refractivity contribution in [1.29, 1.82) is 0 Å². The van der Waals surface area contributed by atoms with E-state index in [4.69, 9.17) is 0 Å². The van der Waals surface area contributed by atoms with Gasteiger partial charge in [0, 0.05) is 58.5 Å². The molecule has 0 aliphatic heterocycles. The summed E-state index contributed by atoms with van der Waals surface area (Å²) in [7, 11) is 3.91. The van der Waals surface area contributed by atoms with Crippen LogP contribution in [0.15, 0.2) is 97.3 Å². The number of fused-ring (bicyclic) bond motifs is 1. The lowest BCUT2D eigenvalue weighted by Gasteiger charge is -2.12. The van der Waals surface area contributed by atoms with Crippen molar-refractivity contribution in [2.24, 2.45) is 0 Å². The molecule has 0 fully saturated rings. The number of H-pyrrole nitrogens is 1. The Kier molecular flexibility index (Phi) is 8.83. The molecule has 2 heterocycles. The van der Waals surface area contributed by atoms with E-state index in [1.165, 1.54) is 5.56 Å². The number of carbonyl (C=O) groups excluding carboxylic acids is 2. The number of likely N-dealkylation sites (N-methyl/N-ethyl adjacent to an activating group) is 1. The van der Waals surface area contributed by atoms with Crippen LogP contribution in [0, 0.1) is 6.92 Å². The average molecular weight is 572 g/mol. The molecule has 7 nitrogen and oxygen atoms in total. The number of nitrogens with zero attached hydrogens (tertiary/aromatic N) is 2. The first-order valence-electron chi connectivity index (χ1n) is 14.4. The monoisotopic (exact) mass is 571 g/mol. The third-order valence-corrected chi connectivity index (χ3v) is 7.36. The maximum absolute atomic E-state index is 13.0. The zero-order valence-corrected chi connectivity index (χ0v) is 25.2. The molecule has 2 aromatic heterocycles. The van der Waals surface area contributed by atoms with E-state index < -0.39 is 0 Å². The Bertz CT molecular complexity index is 1800. The van der Waals surface area contributed by atoms with Gasteiger partial charge in [0.05, 0.1) is 0 Å². The van der Waals surface area contributed by atoms with Crippen LogP contribution < -0.4 is 10.6 Å². The largest absolute Gasteiger partial charge is 0.346 e. The molecule has 0 aliphatic carbocycles. The molecule has 5 aromatic rings. The van der Waals surface area contributed by atoms with Gasteiger partial charge < -0.3 is 20.5 Å². The predicted molar refractivity (Wildman–Crippen MR) is 177 cm³/mol. The fourth-order valence-corrected chi connectivity index (χ4v) is 4.91. The summed E-state index contributed by atoms with van der Waals surface area (Å²) in [6.45, 7) is 7.03. The lowest BCUT2D eigenvalue weighted by atomic mass is 10.00. The Morgan fingerprint density at radius 3 is 2.44 bits per heavy atom. The molecule has 3 N–H and O–H groups in total. The summed E-state index contributed by atoms with van der Waals surface area (Å²) < 4.78 is 0. The van der Waals surface area contributed by atoms with E-state index >= 15 is 0 Å². The summed E-state index contributed by atoms with van der Waals surface area (Å²) in [5.74, 6) is 0.122. The van der Waals surface area contributed by atoms with Crippen molar-refractivity contribution in [3.8, 4) is 22.3 Å². The highest BCUT2D eigenvalue weighted by atomic mass is 16.2. The number of hydrogen-bond donors (Lipinski definition) is 3. The van der Waals surface area contributed by atoms with E-state index in [0.717, 1.165) is 44.5 Å². The van der Waals surface area contributed by atoms with Crippen LogP contribution in [0.3, 0.4) is 0 Å². The van der Waals surface area contributed by atoms with Crippen LogP contribution in [0.5, 0.6) is 0 Å². The highest BCUT2D eigenvalue weighted by molar-refractivity contribution is 6.05. The molecular formula is C36H37N5O2. The van der Waals surface area contributed by atoms with Crippen LogP contribution in [0.4, 0.5) is 11.4 Å². The molecule has 0 saturated heterocycles. The minimum Gasteiger partial charge on any atom is -0.346 e. The molecular weight excluding hydrogens is 534 g/mol. The second kappa shape index (κ2) is 12.9. The number of aromatic nitrogens is 2. The van der Waals surface area contributed by atoms with Gasteiger partial charge in [0.15, 0.2) is 0 Å². The van der Waals surface area contributed by atoms with Gasteiger partial charge in [-0.2, -0.15) is 0 Å².